The highest BCUT2D eigenvalue weighted by Gasteiger charge is 2.32. The molecule has 2 aromatic carbocycles. The van der Waals surface area contributed by atoms with Crippen LogP contribution < -0.4 is 4.90 Å². The van der Waals surface area contributed by atoms with E-state index in [4.69, 9.17) is 11.6 Å². The van der Waals surface area contributed by atoms with E-state index >= 15 is 0 Å². The van der Waals surface area contributed by atoms with Gasteiger partial charge in [0.1, 0.15) is 0 Å². The minimum Gasteiger partial charge on any atom is -0.336 e. The molecule has 4 rings (SSSR count). The van der Waals surface area contributed by atoms with Gasteiger partial charge >= 0.3 is 0 Å². The standard InChI is InChI=1S/C22H24ClN3O4S/c23-18-8-9-19(20(15-18)26-10-4-7-21(26)27)22(28)24-11-13-25(14-12-24)31(29,30)16-17-5-2-1-3-6-17/h1-3,5-6,8-9,15H,4,7,10-14,16H2. The zero-order valence-electron chi connectivity index (χ0n) is 17.0. The molecule has 0 spiro atoms. The molecule has 0 radical (unpaired) electrons. The van der Waals surface area contributed by atoms with Crippen LogP contribution in [0.2, 0.25) is 5.02 Å². The molecule has 2 aliphatic heterocycles. The summed E-state index contributed by atoms with van der Waals surface area (Å²) in [6.45, 7) is 1.63. The summed E-state index contributed by atoms with van der Waals surface area (Å²) in [6.07, 6.45) is 1.20. The lowest BCUT2D eigenvalue weighted by Gasteiger charge is -2.34. The second kappa shape index (κ2) is 8.98. The Morgan fingerprint density at radius 3 is 2.32 bits per heavy atom. The van der Waals surface area contributed by atoms with Crippen molar-refractivity contribution in [2.24, 2.45) is 0 Å². The van der Waals surface area contributed by atoms with Gasteiger partial charge in [0.2, 0.25) is 15.9 Å². The number of piperazine rings is 1. The topological polar surface area (TPSA) is 78.0 Å². The maximum absolute atomic E-state index is 13.2. The molecule has 164 valence electrons. The van der Waals surface area contributed by atoms with Crippen LogP contribution in [0, 0.1) is 0 Å². The molecule has 2 fully saturated rings. The predicted octanol–water partition coefficient (Wildman–Crippen LogP) is 2.75. The number of anilines is 1. The van der Waals surface area contributed by atoms with E-state index in [1.807, 2.05) is 18.2 Å². The SMILES string of the molecule is O=C(c1ccc(Cl)cc1N1CCCC1=O)N1CCN(S(=O)(=O)Cc2ccccc2)CC1. The lowest BCUT2D eigenvalue weighted by atomic mass is 10.1. The number of hydrogen-bond acceptors (Lipinski definition) is 4. The summed E-state index contributed by atoms with van der Waals surface area (Å²) in [7, 11) is -3.46. The maximum atomic E-state index is 13.2. The molecule has 2 heterocycles. The molecule has 0 aromatic heterocycles. The van der Waals surface area contributed by atoms with E-state index in [1.54, 1.807) is 40.1 Å². The number of carbonyl (C=O) groups excluding carboxylic acids is 2. The molecule has 0 saturated carbocycles. The van der Waals surface area contributed by atoms with Crippen LogP contribution in [0.1, 0.15) is 28.8 Å². The first-order chi connectivity index (χ1) is 14.8. The van der Waals surface area contributed by atoms with Crippen molar-refractivity contribution in [3.05, 3.63) is 64.7 Å². The van der Waals surface area contributed by atoms with Gasteiger partial charge in [0.05, 0.1) is 17.0 Å². The fraction of sp³-hybridized carbons (Fsp3) is 0.364. The molecule has 0 bridgehead atoms. The number of amides is 2. The van der Waals surface area contributed by atoms with Crippen molar-refractivity contribution in [2.75, 3.05) is 37.6 Å². The third kappa shape index (κ3) is 4.76. The van der Waals surface area contributed by atoms with Crippen LogP contribution >= 0.6 is 11.6 Å². The molecule has 0 N–H and O–H groups in total. The van der Waals surface area contributed by atoms with E-state index in [-0.39, 0.29) is 30.7 Å². The summed E-state index contributed by atoms with van der Waals surface area (Å²) in [4.78, 5) is 28.7. The molecule has 2 saturated heterocycles. The molecule has 7 nitrogen and oxygen atoms in total. The third-order valence-electron chi connectivity index (χ3n) is 5.67. The van der Waals surface area contributed by atoms with Gasteiger partial charge in [-0.05, 0) is 30.2 Å². The first-order valence-corrected chi connectivity index (χ1v) is 12.2. The van der Waals surface area contributed by atoms with Crippen molar-refractivity contribution >= 4 is 39.1 Å². The molecule has 2 aromatic rings. The van der Waals surface area contributed by atoms with Gasteiger partial charge in [-0.15, -0.1) is 0 Å². The highest BCUT2D eigenvalue weighted by atomic mass is 35.5. The van der Waals surface area contributed by atoms with Gasteiger partial charge in [0, 0.05) is 44.2 Å². The Bertz CT molecular complexity index is 1080. The molecule has 0 atom stereocenters. The Hall–Kier alpha value is -2.42. The summed E-state index contributed by atoms with van der Waals surface area (Å²) in [6, 6.07) is 14.0. The van der Waals surface area contributed by atoms with Crippen molar-refractivity contribution in [3.63, 3.8) is 0 Å². The fourth-order valence-corrected chi connectivity index (χ4v) is 5.71. The van der Waals surface area contributed by atoms with Crippen molar-refractivity contribution in [1.29, 1.82) is 0 Å². The number of carbonyl (C=O) groups is 2. The zero-order chi connectivity index (χ0) is 22.0. The van der Waals surface area contributed by atoms with Crippen molar-refractivity contribution in [2.45, 2.75) is 18.6 Å². The number of sulfonamides is 1. The monoisotopic (exact) mass is 461 g/mol. The highest BCUT2D eigenvalue weighted by molar-refractivity contribution is 7.88. The Labute approximate surface area is 187 Å². The molecule has 9 heteroatoms. The molecule has 2 amide bonds. The van der Waals surface area contributed by atoms with E-state index in [0.717, 1.165) is 12.0 Å². The fourth-order valence-electron chi connectivity index (χ4n) is 4.03. The average Bonchev–Trinajstić information content (AvgIpc) is 3.19. The molecular weight excluding hydrogens is 438 g/mol. The van der Waals surface area contributed by atoms with Crippen molar-refractivity contribution < 1.29 is 18.0 Å². The molecule has 2 aliphatic rings. The first-order valence-electron chi connectivity index (χ1n) is 10.3. The van der Waals surface area contributed by atoms with Gasteiger partial charge in [-0.25, -0.2) is 8.42 Å². The normalized spacial score (nSPS) is 17.9. The lowest BCUT2D eigenvalue weighted by Crippen LogP contribution is -2.51. The second-order valence-electron chi connectivity index (χ2n) is 7.74. The minimum absolute atomic E-state index is 0.0202. The summed E-state index contributed by atoms with van der Waals surface area (Å²) >= 11 is 6.13. The minimum atomic E-state index is -3.46. The van der Waals surface area contributed by atoms with Crippen molar-refractivity contribution in [1.82, 2.24) is 9.21 Å². The summed E-state index contributed by atoms with van der Waals surface area (Å²) < 4.78 is 27.0. The summed E-state index contributed by atoms with van der Waals surface area (Å²) in [5, 5.41) is 0.461. The quantitative estimate of drug-likeness (QED) is 0.686. The van der Waals surface area contributed by atoms with Crippen molar-refractivity contribution in [3.8, 4) is 0 Å². The van der Waals surface area contributed by atoms with E-state index in [1.165, 1.54) is 4.31 Å². The average molecular weight is 462 g/mol. The third-order valence-corrected chi connectivity index (χ3v) is 7.75. The van der Waals surface area contributed by atoms with Gasteiger partial charge < -0.3 is 9.80 Å². The van der Waals surface area contributed by atoms with Gasteiger partial charge in [-0.2, -0.15) is 4.31 Å². The molecule has 0 unspecified atom stereocenters. The van der Waals surface area contributed by atoms with Gasteiger partial charge in [0.15, 0.2) is 0 Å². The maximum Gasteiger partial charge on any atom is 0.256 e. The van der Waals surface area contributed by atoms with Gasteiger partial charge in [0.25, 0.3) is 5.91 Å². The predicted molar refractivity (Wildman–Crippen MR) is 120 cm³/mol. The number of halogens is 1. The number of nitrogens with zero attached hydrogens (tertiary/aromatic N) is 3. The number of hydrogen-bond donors (Lipinski definition) is 0. The van der Waals surface area contributed by atoms with Crippen LogP contribution in [0.15, 0.2) is 48.5 Å². The second-order valence-corrected chi connectivity index (χ2v) is 10.1. The molecule has 0 aliphatic carbocycles. The Balaban J connectivity index is 1.46. The Morgan fingerprint density at radius 2 is 1.68 bits per heavy atom. The first kappa shape index (κ1) is 21.8. The van der Waals surface area contributed by atoms with Crippen LogP contribution in [0.25, 0.3) is 0 Å². The Morgan fingerprint density at radius 1 is 0.968 bits per heavy atom. The van der Waals surface area contributed by atoms with Crippen LogP contribution in [0.4, 0.5) is 5.69 Å². The number of benzene rings is 2. The van der Waals surface area contributed by atoms with E-state index < -0.39 is 10.0 Å². The highest BCUT2D eigenvalue weighted by Crippen LogP contribution is 2.30. The smallest absolute Gasteiger partial charge is 0.256 e. The zero-order valence-corrected chi connectivity index (χ0v) is 18.6. The lowest BCUT2D eigenvalue weighted by molar-refractivity contribution is -0.117. The van der Waals surface area contributed by atoms with Crippen LogP contribution in [-0.2, 0) is 20.6 Å². The van der Waals surface area contributed by atoms with Gasteiger partial charge in [-0.1, -0.05) is 41.9 Å². The molecular formula is C22H24ClN3O4S. The van der Waals surface area contributed by atoms with E-state index in [2.05, 4.69) is 0 Å². The molecule has 31 heavy (non-hydrogen) atoms. The van der Waals surface area contributed by atoms with Crippen LogP contribution in [-0.4, -0.2) is 62.2 Å². The van der Waals surface area contributed by atoms with Crippen LogP contribution in [0.5, 0.6) is 0 Å². The van der Waals surface area contributed by atoms with E-state index in [0.29, 0.717) is 42.3 Å². The van der Waals surface area contributed by atoms with Gasteiger partial charge in [-0.3, -0.25) is 9.59 Å². The van der Waals surface area contributed by atoms with E-state index in [9.17, 15) is 18.0 Å². The largest absolute Gasteiger partial charge is 0.336 e. The number of rotatable bonds is 5. The summed E-state index contributed by atoms with van der Waals surface area (Å²) in [5.74, 6) is -0.292. The van der Waals surface area contributed by atoms with Crippen LogP contribution in [0.3, 0.4) is 0 Å². The Kier molecular flexibility index (Phi) is 6.31. The summed E-state index contributed by atoms with van der Waals surface area (Å²) in [5.41, 5.74) is 1.68.